The molecular formula is C26H26ClFN2O2. The second kappa shape index (κ2) is 11.4. The standard InChI is InChI=1S/C26H26ClFN2O2/c1-2-29-26(32)24(16-19-10-4-3-5-11-19)30(18-21-13-7-9-15-23(21)28)25(31)17-20-12-6-8-14-22(20)27/h3-15,24H,2,16-18H2,1H3,(H,29,32)/t24-/m0/s1. The summed E-state index contributed by atoms with van der Waals surface area (Å²) < 4.78 is 14.5. The van der Waals surface area contributed by atoms with Crippen molar-refractivity contribution in [3.63, 3.8) is 0 Å². The highest BCUT2D eigenvalue weighted by Gasteiger charge is 2.30. The van der Waals surface area contributed by atoms with E-state index in [1.165, 1.54) is 11.0 Å². The smallest absolute Gasteiger partial charge is 0.243 e. The molecule has 0 aliphatic rings. The molecule has 32 heavy (non-hydrogen) atoms. The molecule has 0 aliphatic carbocycles. The molecule has 3 aromatic carbocycles. The van der Waals surface area contributed by atoms with Crippen LogP contribution >= 0.6 is 11.6 Å². The van der Waals surface area contributed by atoms with Crippen LogP contribution in [0.1, 0.15) is 23.6 Å². The number of carbonyl (C=O) groups is 2. The van der Waals surface area contributed by atoms with Crippen LogP contribution in [0.2, 0.25) is 5.02 Å². The van der Waals surface area contributed by atoms with Crippen LogP contribution in [-0.2, 0) is 29.0 Å². The number of amides is 2. The summed E-state index contributed by atoms with van der Waals surface area (Å²) in [6, 6.07) is 22.1. The Kier molecular flexibility index (Phi) is 8.40. The molecule has 1 atom stereocenters. The number of halogens is 2. The van der Waals surface area contributed by atoms with Crippen molar-refractivity contribution in [2.24, 2.45) is 0 Å². The van der Waals surface area contributed by atoms with E-state index in [4.69, 9.17) is 11.6 Å². The Labute approximate surface area is 193 Å². The molecule has 0 fully saturated rings. The number of benzene rings is 3. The van der Waals surface area contributed by atoms with Crippen molar-refractivity contribution in [1.82, 2.24) is 10.2 Å². The highest BCUT2D eigenvalue weighted by Crippen LogP contribution is 2.21. The average Bonchev–Trinajstić information content (AvgIpc) is 2.79. The predicted octanol–water partition coefficient (Wildman–Crippen LogP) is 4.80. The minimum Gasteiger partial charge on any atom is -0.355 e. The lowest BCUT2D eigenvalue weighted by Gasteiger charge is -2.31. The average molecular weight is 453 g/mol. The molecule has 0 radical (unpaired) electrons. The molecule has 0 aliphatic heterocycles. The van der Waals surface area contributed by atoms with Gasteiger partial charge in [-0.2, -0.15) is 0 Å². The van der Waals surface area contributed by atoms with Gasteiger partial charge in [-0.15, -0.1) is 0 Å². The number of hydrogen-bond acceptors (Lipinski definition) is 2. The summed E-state index contributed by atoms with van der Waals surface area (Å²) in [6.45, 7) is 2.23. The maximum Gasteiger partial charge on any atom is 0.243 e. The van der Waals surface area contributed by atoms with Crippen LogP contribution in [0.3, 0.4) is 0 Å². The van der Waals surface area contributed by atoms with Crippen LogP contribution in [-0.4, -0.2) is 29.3 Å². The zero-order valence-corrected chi connectivity index (χ0v) is 18.7. The van der Waals surface area contributed by atoms with Gasteiger partial charge >= 0.3 is 0 Å². The fraction of sp³-hybridized carbons (Fsp3) is 0.231. The van der Waals surface area contributed by atoms with Gasteiger partial charge in [-0.05, 0) is 30.2 Å². The van der Waals surface area contributed by atoms with Crippen LogP contribution in [0.15, 0.2) is 78.9 Å². The van der Waals surface area contributed by atoms with Crippen molar-refractivity contribution >= 4 is 23.4 Å². The van der Waals surface area contributed by atoms with Gasteiger partial charge < -0.3 is 10.2 Å². The zero-order chi connectivity index (χ0) is 22.9. The molecule has 6 heteroatoms. The third kappa shape index (κ3) is 6.17. The molecule has 0 aromatic heterocycles. The van der Waals surface area contributed by atoms with Gasteiger partial charge in [-0.1, -0.05) is 78.3 Å². The van der Waals surface area contributed by atoms with Crippen molar-refractivity contribution in [1.29, 1.82) is 0 Å². The highest BCUT2D eigenvalue weighted by molar-refractivity contribution is 6.31. The summed E-state index contributed by atoms with van der Waals surface area (Å²) in [7, 11) is 0. The third-order valence-electron chi connectivity index (χ3n) is 5.22. The molecule has 166 valence electrons. The second-order valence-corrected chi connectivity index (χ2v) is 7.89. The van der Waals surface area contributed by atoms with E-state index in [0.717, 1.165) is 5.56 Å². The fourth-order valence-corrected chi connectivity index (χ4v) is 3.76. The Morgan fingerprint density at radius 1 is 0.938 bits per heavy atom. The van der Waals surface area contributed by atoms with Crippen LogP contribution in [0, 0.1) is 5.82 Å². The molecule has 1 N–H and O–H groups in total. The van der Waals surface area contributed by atoms with E-state index in [0.29, 0.717) is 29.1 Å². The van der Waals surface area contributed by atoms with Gasteiger partial charge in [0.1, 0.15) is 11.9 Å². The molecule has 0 bridgehead atoms. The molecule has 0 unspecified atom stereocenters. The monoisotopic (exact) mass is 452 g/mol. The number of nitrogens with zero attached hydrogens (tertiary/aromatic N) is 1. The molecular weight excluding hydrogens is 427 g/mol. The lowest BCUT2D eigenvalue weighted by atomic mass is 10.0. The first-order chi connectivity index (χ1) is 15.5. The van der Waals surface area contributed by atoms with E-state index in [9.17, 15) is 14.0 Å². The van der Waals surface area contributed by atoms with E-state index in [-0.39, 0.29) is 24.8 Å². The zero-order valence-electron chi connectivity index (χ0n) is 17.9. The summed E-state index contributed by atoms with van der Waals surface area (Å²) in [5.74, 6) is -0.994. The second-order valence-electron chi connectivity index (χ2n) is 7.48. The molecule has 3 rings (SSSR count). The van der Waals surface area contributed by atoms with E-state index < -0.39 is 11.9 Å². The summed E-state index contributed by atoms with van der Waals surface area (Å²) >= 11 is 6.27. The number of nitrogens with one attached hydrogen (secondary N) is 1. The lowest BCUT2D eigenvalue weighted by Crippen LogP contribution is -2.51. The van der Waals surface area contributed by atoms with E-state index >= 15 is 0 Å². The molecule has 3 aromatic rings. The Bertz CT molecular complexity index is 1060. The van der Waals surface area contributed by atoms with Gasteiger partial charge in [0.2, 0.25) is 11.8 Å². The quantitative estimate of drug-likeness (QED) is 0.507. The van der Waals surface area contributed by atoms with Gasteiger partial charge in [-0.25, -0.2) is 4.39 Å². The number of likely N-dealkylation sites (N-methyl/N-ethyl adjacent to an activating group) is 1. The first-order valence-corrected chi connectivity index (χ1v) is 10.9. The van der Waals surface area contributed by atoms with Gasteiger partial charge in [0.25, 0.3) is 0 Å². The van der Waals surface area contributed by atoms with Gasteiger partial charge in [0.05, 0.1) is 6.42 Å². The normalized spacial score (nSPS) is 11.6. The van der Waals surface area contributed by atoms with Crippen molar-refractivity contribution in [3.8, 4) is 0 Å². The minimum absolute atomic E-state index is 0.0127. The summed E-state index contributed by atoms with van der Waals surface area (Å²) in [5, 5.41) is 3.30. The first-order valence-electron chi connectivity index (χ1n) is 10.6. The Morgan fingerprint density at radius 2 is 1.56 bits per heavy atom. The summed E-state index contributed by atoms with van der Waals surface area (Å²) in [4.78, 5) is 28.0. The van der Waals surface area contributed by atoms with E-state index in [1.54, 1.807) is 42.5 Å². The number of rotatable bonds is 9. The van der Waals surface area contributed by atoms with Crippen molar-refractivity contribution < 1.29 is 14.0 Å². The van der Waals surface area contributed by atoms with Crippen LogP contribution in [0.4, 0.5) is 4.39 Å². The van der Waals surface area contributed by atoms with Gasteiger partial charge in [-0.3, -0.25) is 9.59 Å². The van der Waals surface area contributed by atoms with Crippen molar-refractivity contribution in [3.05, 3.63) is 106 Å². The lowest BCUT2D eigenvalue weighted by molar-refractivity contribution is -0.140. The molecule has 0 heterocycles. The summed E-state index contributed by atoms with van der Waals surface area (Å²) in [5.41, 5.74) is 1.92. The first kappa shape index (κ1) is 23.5. The number of hydrogen-bond donors (Lipinski definition) is 1. The van der Waals surface area contributed by atoms with Gasteiger partial charge in [0.15, 0.2) is 0 Å². The third-order valence-corrected chi connectivity index (χ3v) is 5.59. The molecule has 4 nitrogen and oxygen atoms in total. The largest absolute Gasteiger partial charge is 0.355 e. The van der Waals surface area contributed by atoms with E-state index in [1.807, 2.05) is 37.3 Å². The fourth-order valence-electron chi connectivity index (χ4n) is 3.56. The molecule has 2 amide bonds. The molecule has 0 spiro atoms. The van der Waals surface area contributed by atoms with Crippen molar-refractivity contribution in [2.75, 3.05) is 6.54 Å². The Morgan fingerprint density at radius 3 is 2.22 bits per heavy atom. The Balaban J connectivity index is 1.98. The van der Waals surface area contributed by atoms with Crippen molar-refractivity contribution in [2.45, 2.75) is 32.4 Å². The Hall–Kier alpha value is -3.18. The topological polar surface area (TPSA) is 49.4 Å². The minimum atomic E-state index is -0.799. The van der Waals surface area contributed by atoms with Gasteiger partial charge in [0, 0.05) is 30.1 Å². The summed E-state index contributed by atoms with van der Waals surface area (Å²) in [6.07, 6.45) is 0.328. The predicted molar refractivity (Wildman–Crippen MR) is 125 cm³/mol. The highest BCUT2D eigenvalue weighted by atomic mass is 35.5. The molecule has 0 saturated carbocycles. The molecule has 0 saturated heterocycles. The number of carbonyl (C=O) groups excluding carboxylic acids is 2. The van der Waals surface area contributed by atoms with Crippen LogP contribution < -0.4 is 5.32 Å². The maximum absolute atomic E-state index is 14.5. The maximum atomic E-state index is 14.5. The SMILES string of the molecule is CCNC(=O)[C@H](Cc1ccccc1)N(Cc1ccccc1F)C(=O)Cc1ccccc1Cl. The van der Waals surface area contributed by atoms with Crippen LogP contribution in [0.25, 0.3) is 0 Å². The van der Waals surface area contributed by atoms with Crippen LogP contribution in [0.5, 0.6) is 0 Å². The van der Waals surface area contributed by atoms with E-state index in [2.05, 4.69) is 5.32 Å².